The minimum absolute atomic E-state index is 0.764. The van der Waals surface area contributed by atoms with E-state index in [1.165, 1.54) is 5.56 Å². The Morgan fingerprint density at radius 2 is 2.11 bits per heavy atom. The lowest BCUT2D eigenvalue weighted by Crippen LogP contribution is -2.28. The van der Waals surface area contributed by atoms with Crippen LogP contribution in [0.2, 0.25) is 5.15 Å². The van der Waals surface area contributed by atoms with Crippen LogP contribution in [0.25, 0.3) is 0 Å². The fourth-order valence-electron chi connectivity index (χ4n) is 0.728. The fraction of sp³-hybridized carbons (Fsp3) is 0.286. The summed E-state index contributed by atoms with van der Waals surface area (Å²) in [7, 11) is 1.93. The molecule has 0 aliphatic rings. The van der Waals surface area contributed by atoms with E-state index < -0.39 is 0 Å². The van der Waals surface area contributed by atoms with Crippen LogP contribution in [0.1, 0.15) is 5.56 Å². The Morgan fingerprint density at radius 1 is 1.44 bits per heavy atom. The van der Waals surface area contributed by atoms with Gasteiger partial charge in [-0.15, -0.1) is 0 Å². The van der Waals surface area contributed by atoms with Crippen molar-refractivity contribution in [2.45, 2.75) is 6.92 Å². The normalized spacial score (nSPS) is 9.67. The summed E-state index contributed by atoms with van der Waals surface area (Å²) in [5, 5.41) is 0.764. The summed E-state index contributed by atoms with van der Waals surface area (Å²) in [5.41, 5.74) is 1.22. The standard InChI is InChI=1S/C7H9ClN/c1-6-3-4-7(8)9(2)5-6/h3-5H,1-2H3/q+1. The zero-order valence-electron chi connectivity index (χ0n) is 5.56. The van der Waals surface area contributed by atoms with Crippen molar-refractivity contribution >= 4 is 11.6 Å². The van der Waals surface area contributed by atoms with E-state index in [1.54, 1.807) is 0 Å². The Bertz CT molecular complexity index is 220. The van der Waals surface area contributed by atoms with Crippen LogP contribution >= 0.6 is 11.6 Å². The Hall–Kier alpha value is -0.560. The van der Waals surface area contributed by atoms with E-state index >= 15 is 0 Å². The van der Waals surface area contributed by atoms with Gasteiger partial charge in [0, 0.05) is 11.6 Å². The number of hydrogen-bond donors (Lipinski definition) is 0. The van der Waals surface area contributed by atoms with Crippen LogP contribution in [0.3, 0.4) is 0 Å². The van der Waals surface area contributed by atoms with Crippen LogP contribution in [-0.4, -0.2) is 0 Å². The summed E-state index contributed by atoms with van der Waals surface area (Å²) >= 11 is 5.74. The zero-order valence-corrected chi connectivity index (χ0v) is 6.31. The molecule has 0 aliphatic heterocycles. The van der Waals surface area contributed by atoms with Crippen molar-refractivity contribution in [3.63, 3.8) is 0 Å². The fourth-order valence-corrected chi connectivity index (χ4v) is 0.840. The Morgan fingerprint density at radius 3 is 2.56 bits per heavy atom. The van der Waals surface area contributed by atoms with Gasteiger partial charge in [-0.1, -0.05) is 0 Å². The number of aromatic nitrogens is 1. The van der Waals surface area contributed by atoms with Crippen molar-refractivity contribution in [2.75, 3.05) is 0 Å². The monoisotopic (exact) mass is 142 g/mol. The van der Waals surface area contributed by atoms with Crippen LogP contribution < -0.4 is 4.57 Å². The van der Waals surface area contributed by atoms with Gasteiger partial charge in [-0.25, -0.2) is 0 Å². The molecule has 1 aromatic rings. The van der Waals surface area contributed by atoms with Gasteiger partial charge in [-0.3, -0.25) is 0 Å². The van der Waals surface area contributed by atoms with Crippen LogP contribution in [0, 0.1) is 6.92 Å². The zero-order chi connectivity index (χ0) is 6.85. The minimum atomic E-state index is 0.764. The molecule has 0 saturated heterocycles. The molecule has 1 heterocycles. The molecule has 1 rings (SSSR count). The van der Waals surface area contributed by atoms with Crippen molar-refractivity contribution in [1.82, 2.24) is 0 Å². The predicted molar refractivity (Wildman–Crippen MR) is 37.4 cm³/mol. The van der Waals surface area contributed by atoms with E-state index in [4.69, 9.17) is 11.6 Å². The molecular weight excluding hydrogens is 134 g/mol. The second-order valence-corrected chi connectivity index (χ2v) is 2.53. The summed E-state index contributed by atoms with van der Waals surface area (Å²) in [6.45, 7) is 2.04. The van der Waals surface area contributed by atoms with Gasteiger partial charge in [-0.2, -0.15) is 4.57 Å². The van der Waals surface area contributed by atoms with Gasteiger partial charge < -0.3 is 0 Å². The maximum Gasteiger partial charge on any atom is 0.274 e. The van der Waals surface area contributed by atoms with Crippen molar-refractivity contribution in [3.05, 3.63) is 29.0 Å². The van der Waals surface area contributed by atoms with E-state index in [9.17, 15) is 0 Å². The number of pyridine rings is 1. The molecule has 2 heteroatoms. The lowest BCUT2D eigenvalue weighted by Gasteiger charge is -1.90. The maximum absolute atomic E-state index is 5.74. The average Bonchev–Trinajstić information content (AvgIpc) is 1.80. The van der Waals surface area contributed by atoms with Crippen molar-refractivity contribution in [2.24, 2.45) is 7.05 Å². The van der Waals surface area contributed by atoms with Crippen LogP contribution in [0.5, 0.6) is 0 Å². The van der Waals surface area contributed by atoms with Crippen molar-refractivity contribution in [1.29, 1.82) is 0 Å². The highest BCUT2D eigenvalue weighted by molar-refractivity contribution is 6.28. The minimum Gasteiger partial charge on any atom is -0.191 e. The second kappa shape index (κ2) is 2.36. The smallest absolute Gasteiger partial charge is 0.191 e. The molecule has 0 amide bonds. The molecule has 0 N–H and O–H groups in total. The summed E-state index contributed by atoms with van der Waals surface area (Å²) in [6, 6.07) is 3.87. The van der Waals surface area contributed by atoms with Crippen LogP contribution in [0.15, 0.2) is 18.3 Å². The molecular formula is C7H9ClN+. The van der Waals surface area contributed by atoms with Crippen molar-refractivity contribution < 1.29 is 4.57 Å². The van der Waals surface area contributed by atoms with Gasteiger partial charge in [0.05, 0.1) is 0 Å². The van der Waals surface area contributed by atoms with E-state index in [1.807, 2.05) is 36.9 Å². The van der Waals surface area contributed by atoms with Gasteiger partial charge in [0.15, 0.2) is 6.20 Å². The van der Waals surface area contributed by atoms with E-state index in [2.05, 4.69) is 0 Å². The van der Waals surface area contributed by atoms with Gasteiger partial charge in [0.2, 0.25) is 0 Å². The number of hydrogen-bond acceptors (Lipinski definition) is 0. The Labute approximate surface area is 59.9 Å². The maximum atomic E-state index is 5.74. The molecule has 0 aliphatic carbocycles. The molecule has 0 spiro atoms. The summed E-state index contributed by atoms with van der Waals surface area (Å²) in [6.07, 6.45) is 1.99. The first-order valence-corrected chi connectivity index (χ1v) is 3.20. The first-order valence-electron chi connectivity index (χ1n) is 2.82. The molecule has 0 radical (unpaired) electrons. The summed E-state index contributed by atoms with van der Waals surface area (Å²) in [4.78, 5) is 0. The van der Waals surface area contributed by atoms with Gasteiger partial charge in [-0.05, 0) is 24.6 Å². The highest BCUT2D eigenvalue weighted by atomic mass is 35.5. The first-order chi connectivity index (χ1) is 4.20. The molecule has 0 atom stereocenters. The molecule has 0 fully saturated rings. The van der Waals surface area contributed by atoms with Gasteiger partial charge in [0.1, 0.15) is 7.05 Å². The van der Waals surface area contributed by atoms with Gasteiger partial charge in [0.25, 0.3) is 5.15 Å². The quantitative estimate of drug-likeness (QED) is 0.382. The molecule has 9 heavy (non-hydrogen) atoms. The largest absolute Gasteiger partial charge is 0.274 e. The van der Waals surface area contributed by atoms with E-state index in [0.717, 1.165) is 5.15 Å². The Balaban J connectivity index is 3.17. The third-order valence-electron chi connectivity index (χ3n) is 1.22. The number of halogens is 1. The summed E-state index contributed by atoms with van der Waals surface area (Å²) < 4.78 is 1.89. The molecule has 0 unspecified atom stereocenters. The van der Waals surface area contributed by atoms with Crippen LogP contribution in [-0.2, 0) is 7.05 Å². The number of rotatable bonds is 0. The molecule has 48 valence electrons. The SMILES string of the molecule is Cc1ccc(Cl)[n+](C)c1. The second-order valence-electron chi connectivity index (χ2n) is 2.14. The predicted octanol–water partition coefficient (Wildman–Crippen LogP) is 1.47. The Kier molecular flexibility index (Phi) is 1.72. The topological polar surface area (TPSA) is 3.88 Å². The number of aryl methyl sites for hydroxylation is 2. The van der Waals surface area contributed by atoms with E-state index in [-0.39, 0.29) is 0 Å². The lowest BCUT2D eigenvalue weighted by molar-refractivity contribution is -0.669. The average molecular weight is 143 g/mol. The van der Waals surface area contributed by atoms with Gasteiger partial charge >= 0.3 is 0 Å². The molecule has 0 aromatic carbocycles. The molecule has 0 bridgehead atoms. The third kappa shape index (κ3) is 1.42. The van der Waals surface area contributed by atoms with Crippen molar-refractivity contribution in [3.8, 4) is 0 Å². The molecule has 0 saturated carbocycles. The molecule has 1 nitrogen and oxygen atoms in total. The first kappa shape index (κ1) is 6.56. The summed E-state index contributed by atoms with van der Waals surface area (Å²) in [5.74, 6) is 0. The lowest BCUT2D eigenvalue weighted by atomic mass is 10.3. The third-order valence-corrected chi connectivity index (χ3v) is 1.61. The van der Waals surface area contributed by atoms with Crippen LogP contribution in [0.4, 0.5) is 0 Å². The highest BCUT2D eigenvalue weighted by Crippen LogP contribution is 2.00. The molecule has 1 aromatic heterocycles. The van der Waals surface area contributed by atoms with E-state index in [0.29, 0.717) is 0 Å². The number of nitrogens with zero attached hydrogens (tertiary/aromatic N) is 1. The highest BCUT2D eigenvalue weighted by Gasteiger charge is 1.99.